The standard InChI is InChI=1S/C21H27ClN6O3/c1-21(2,3)18(20(31)25-12-16(24)29)26-19(30)17-14-11-13(22)7-8-15(14)28(27-17)10-6-4-5-9-23/h7-8,11,18H,4-6,10,12H2,1-3H3,(H2,24,29)(H,25,31)(H,26,30)/t18-/m1/s1. The maximum atomic E-state index is 13.1. The third-order valence-electron chi connectivity index (χ3n) is 4.68. The fourth-order valence-corrected chi connectivity index (χ4v) is 3.28. The number of halogens is 1. The van der Waals surface area contributed by atoms with E-state index < -0.39 is 29.2 Å². The first kappa shape index (κ1) is 24.2. The van der Waals surface area contributed by atoms with Gasteiger partial charge in [-0.15, -0.1) is 0 Å². The van der Waals surface area contributed by atoms with Crippen LogP contribution in [0.5, 0.6) is 0 Å². The maximum Gasteiger partial charge on any atom is 0.273 e. The number of carbonyl (C=O) groups excluding carboxylic acids is 3. The number of unbranched alkanes of at least 4 members (excludes halogenated alkanes) is 2. The van der Waals surface area contributed by atoms with Crippen LogP contribution >= 0.6 is 11.6 Å². The molecule has 0 saturated heterocycles. The second-order valence-electron chi connectivity index (χ2n) is 8.31. The summed E-state index contributed by atoms with van der Waals surface area (Å²) in [6, 6.07) is 6.34. The lowest BCUT2D eigenvalue weighted by atomic mass is 9.86. The van der Waals surface area contributed by atoms with E-state index in [-0.39, 0.29) is 12.2 Å². The fraction of sp³-hybridized carbons (Fsp3) is 0.476. The van der Waals surface area contributed by atoms with Gasteiger partial charge in [0.25, 0.3) is 5.91 Å². The van der Waals surface area contributed by atoms with Crippen molar-refractivity contribution in [1.82, 2.24) is 20.4 Å². The number of carbonyl (C=O) groups is 3. The number of amides is 3. The smallest absolute Gasteiger partial charge is 0.273 e. The summed E-state index contributed by atoms with van der Waals surface area (Å²) in [6.45, 7) is 5.60. The number of hydrogen-bond donors (Lipinski definition) is 3. The van der Waals surface area contributed by atoms with E-state index in [9.17, 15) is 14.4 Å². The van der Waals surface area contributed by atoms with Gasteiger partial charge in [-0.1, -0.05) is 32.4 Å². The van der Waals surface area contributed by atoms with E-state index in [1.165, 1.54) is 0 Å². The van der Waals surface area contributed by atoms with Crippen LogP contribution in [0, 0.1) is 16.7 Å². The zero-order valence-corrected chi connectivity index (χ0v) is 18.6. The molecule has 0 aliphatic rings. The Morgan fingerprint density at radius 1 is 1.29 bits per heavy atom. The summed E-state index contributed by atoms with van der Waals surface area (Å²) in [5, 5.41) is 19.4. The van der Waals surface area contributed by atoms with Crippen molar-refractivity contribution in [2.45, 2.75) is 52.6 Å². The van der Waals surface area contributed by atoms with Gasteiger partial charge < -0.3 is 16.4 Å². The van der Waals surface area contributed by atoms with E-state index in [0.29, 0.717) is 23.4 Å². The highest BCUT2D eigenvalue weighted by molar-refractivity contribution is 6.31. The topological polar surface area (TPSA) is 143 Å². The molecule has 10 heteroatoms. The van der Waals surface area contributed by atoms with Crippen LogP contribution in [0.25, 0.3) is 10.9 Å². The Kier molecular flexibility index (Phi) is 8.00. The molecule has 2 aromatic rings. The zero-order chi connectivity index (χ0) is 23.2. The normalized spacial score (nSPS) is 12.2. The number of nitrogens with zero attached hydrogens (tertiary/aromatic N) is 3. The molecule has 166 valence electrons. The largest absolute Gasteiger partial charge is 0.368 e. The van der Waals surface area contributed by atoms with Crippen molar-refractivity contribution in [3.8, 4) is 6.07 Å². The number of aromatic nitrogens is 2. The van der Waals surface area contributed by atoms with Gasteiger partial charge in [0.15, 0.2) is 5.69 Å². The predicted octanol–water partition coefficient (Wildman–Crippen LogP) is 2.13. The summed E-state index contributed by atoms with van der Waals surface area (Å²) < 4.78 is 1.71. The van der Waals surface area contributed by atoms with E-state index in [4.69, 9.17) is 22.6 Å². The van der Waals surface area contributed by atoms with E-state index in [1.54, 1.807) is 43.7 Å². The van der Waals surface area contributed by atoms with Crippen LogP contribution in [0.1, 0.15) is 50.5 Å². The first-order valence-corrected chi connectivity index (χ1v) is 10.3. The van der Waals surface area contributed by atoms with E-state index in [2.05, 4.69) is 21.8 Å². The Hall–Kier alpha value is -3.12. The van der Waals surface area contributed by atoms with Gasteiger partial charge in [0.2, 0.25) is 11.8 Å². The van der Waals surface area contributed by atoms with Crippen molar-refractivity contribution in [3.05, 3.63) is 28.9 Å². The average Bonchev–Trinajstić information content (AvgIpc) is 3.04. The average molecular weight is 447 g/mol. The van der Waals surface area contributed by atoms with Crippen LogP contribution in [0.2, 0.25) is 5.02 Å². The molecule has 4 N–H and O–H groups in total. The monoisotopic (exact) mass is 446 g/mol. The van der Waals surface area contributed by atoms with Gasteiger partial charge in [0.05, 0.1) is 18.1 Å². The van der Waals surface area contributed by atoms with Crippen molar-refractivity contribution in [3.63, 3.8) is 0 Å². The van der Waals surface area contributed by atoms with Crippen molar-refractivity contribution < 1.29 is 14.4 Å². The number of aryl methyl sites for hydroxylation is 1. The minimum Gasteiger partial charge on any atom is -0.368 e. The quantitative estimate of drug-likeness (QED) is 0.505. The van der Waals surface area contributed by atoms with Crippen molar-refractivity contribution in [2.24, 2.45) is 11.1 Å². The number of hydrogen-bond acceptors (Lipinski definition) is 5. The number of nitrogens with two attached hydrogens (primary N) is 1. The van der Waals surface area contributed by atoms with Gasteiger partial charge >= 0.3 is 0 Å². The van der Waals surface area contributed by atoms with Crippen molar-refractivity contribution >= 4 is 40.2 Å². The van der Waals surface area contributed by atoms with Gasteiger partial charge in [-0.25, -0.2) is 0 Å². The Morgan fingerprint density at radius 3 is 2.61 bits per heavy atom. The van der Waals surface area contributed by atoms with Crippen LogP contribution in [-0.2, 0) is 16.1 Å². The Bertz CT molecular complexity index is 1020. The highest BCUT2D eigenvalue weighted by Crippen LogP contribution is 2.25. The summed E-state index contributed by atoms with van der Waals surface area (Å²) in [6.07, 6.45) is 1.90. The highest BCUT2D eigenvalue weighted by Gasteiger charge is 2.34. The van der Waals surface area contributed by atoms with Crippen LogP contribution in [0.3, 0.4) is 0 Å². The van der Waals surface area contributed by atoms with E-state index >= 15 is 0 Å². The molecule has 1 heterocycles. The number of primary amides is 1. The zero-order valence-electron chi connectivity index (χ0n) is 17.9. The Morgan fingerprint density at radius 2 is 2.00 bits per heavy atom. The van der Waals surface area contributed by atoms with E-state index in [1.807, 2.05) is 0 Å². The first-order valence-electron chi connectivity index (χ1n) is 9.94. The minimum atomic E-state index is -0.922. The van der Waals surface area contributed by atoms with Crippen molar-refractivity contribution in [2.75, 3.05) is 6.54 Å². The number of nitriles is 1. The summed E-state index contributed by atoms with van der Waals surface area (Å²) in [7, 11) is 0. The predicted molar refractivity (Wildman–Crippen MR) is 117 cm³/mol. The lowest BCUT2D eigenvalue weighted by Gasteiger charge is -2.30. The number of nitrogens with one attached hydrogen (secondary N) is 2. The SMILES string of the molecule is CC(C)(C)[C@H](NC(=O)c1nn(CCCCC#N)c2ccc(Cl)cc12)C(=O)NCC(N)=O. The van der Waals surface area contributed by atoms with E-state index in [0.717, 1.165) is 18.4 Å². The van der Waals surface area contributed by atoms with Gasteiger partial charge in [-0.05, 0) is 36.5 Å². The molecule has 1 atom stereocenters. The molecule has 0 spiro atoms. The van der Waals surface area contributed by atoms with Gasteiger partial charge in [-0.3, -0.25) is 19.1 Å². The van der Waals surface area contributed by atoms with Crippen LogP contribution in [0.15, 0.2) is 18.2 Å². The van der Waals surface area contributed by atoms with Gasteiger partial charge in [-0.2, -0.15) is 10.4 Å². The molecular weight excluding hydrogens is 420 g/mol. The summed E-state index contributed by atoms with van der Waals surface area (Å²) in [4.78, 5) is 36.7. The van der Waals surface area contributed by atoms with Crippen LogP contribution < -0.4 is 16.4 Å². The first-order chi connectivity index (χ1) is 14.5. The molecule has 0 radical (unpaired) electrons. The molecule has 0 unspecified atom stereocenters. The summed E-state index contributed by atoms with van der Waals surface area (Å²) in [5.41, 5.74) is 5.34. The third kappa shape index (κ3) is 6.43. The summed E-state index contributed by atoms with van der Waals surface area (Å²) in [5.74, 6) is -1.72. The molecule has 1 aromatic heterocycles. The molecule has 3 amide bonds. The maximum absolute atomic E-state index is 13.1. The molecule has 1 aromatic carbocycles. The highest BCUT2D eigenvalue weighted by atomic mass is 35.5. The fourth-order valence-electron chi connectivity index (χ4n) is 3.11. The summed E-state index contributed by atoms with van der Waals surface area (Å²) >= 11 is 6.14. The molecular formula is C21H27ClN6O3. The molecule has 31 heavy (non-hydrogen) atoms. The minimum absolute atomic E-state index is 0.148. The molecule has 2 rings (SSSR count). The number of rotatable bonds is 9. The molecule has 0 aliphatic carbocycles. The lowest BCUT2D eigenvalue weighted by molar-refractivity contribution is -0.128. The van der Waals surface area contributed by atoms with Crippen molar-refractivity contribution in [1.29, 1.82) is 5.26 Å². The van der Waals surface area contributed by atoms with Gasteiger partial charge in [0.1, 0.15) is 6.04 Å². The second-order valence-corrected chi connectivity index (χ2v) is 8.74. The van der Waals surface area contributed by atoms with Crippen LogP contribution in [0.4, 0.5) is 0 Å². The van der Waals surface area contributed by atoms with Crippen LogP contribution in [-0.4, -0.2) is 40.1 Å². The Labute approximate surface area is 185 Å². The second kappa shape index (κ2) is 10.3. The lowest BCUT2D eigenvalue weighted by Crippen LogP contribution is -2.54. The van der Waals surface area contributed by atoms with Gasteiger partial charge in [0, 0.05) is 23.4 Å². The number of fused-ring (bicyclic) bond motifs is 1. The molecule has 0 aliphatic heterocycles. The number of benzene rings is 1. The third-order valence-corrected chi connectivity index (χ3v) is 4.91. The molecule has 0 saturated carbocycles. The Balaban J connectivity index is 2.32. The molecule has 0 bridgehead atoms. The molecule has 0 fully saturated rings. The molecule has 9 nitrogen and oxygen atoms in total.